The zero-order chi connectivity index (χ0) is 7.56. The van der Waals surface area contributed by atoms with E-state index in [1.165, 1.54) is 4.90 Å². The Hall–Kier alpha value is 0.230. The summed E-state index contributed by atoms with van der Waals surface area (Å²) in [6, 6.07) is 0. The molecule has 1 rings (SSSR count). The fourth-order valence-corrected chi connectivity index (χ4v) is 0.989. The first-order valence-corrected chi connectivity index (χ1v) is 3.34. The first-order chi connectivity index (χ1) is 4.70. The quantitative estimate of drug-likeness (QED) is 0.341. The number of nitrogens with zero attached hydrogens (tertiary/aromatic N) is 2. The number of carbonyl (C=O) groups is 1. The van der Waals surface area contributed by atoms with Crippen LogP contribution in [0.4, 0.5) is 4.79 Å². The molecule has 0 aromatic carbocycles. The van der Waals surface area contributed by atoms with Crippen molar-refractivity contribution in [3.8, 4) is 0 Å². The third-order valence-electron chi connectivity index (χ3n) is 1.76. The van der Waals surface area contributed by atoms with Crippen molar-refractivity contribution in [2.75, 3.05) is 33.2 Å². The van der Waals surface area contributed by atoms with E-state index in [2.05, 4.69) is 4.90 Å². The van der Waals surface area contributed by atoms with Crippen LogP contribution in [-0.2, 0) is 0 Å². The first-order valence-electron chi connectivity index (χ1n) is 3.34. The van der Waals surface area contributed by atoms with Crippen molar-refractivity contribution in [2.24, 2.45) is 0 Å². The average molecular weight is 166 g/mol. The third-order valence-corrected chi connectivity index (χ3v) is 1.76. The van der Waals surface area contributed by atoms with Gasteiger partial charge in [-0.3, -0.25) is 0 Å². The van der Waals surface area contributed by atoms with Gasteiger partial charge in [0.2, 0.25) is 0 Å². The van der Waals surface area contributed by atoms with E-state index in [1.807, 2.05) is 7.05 Å². The smallest absolute Gasteiger partial charge is 0.530 e. The van der Waals surface area contributed by atoms with Crippen LogP contribution in [0.1, 0.15) is 0 Å². The maximum Gasteiger partial charge on any atom is 1.00 e. The molecule has 5 heteroatoms. The predicted molar refractivity (Wildman–Crippen MR) is 34.5 cm³/mol. The summed E-state index contributed by atoms with van der Waals surface area (Å²) in [5.74, 6) is 0. The van der Waals surface area contributed by atoms with E-state index < -0.39 is 6.09 Å². The summed E-state index contributed by atoms with van der Waals surface area (Å²) in [5, 5.41) is 10.3. The number of hydrogen-bond acceptors (Lipinski definition) is 3. The molecule has 0 spiro atoms. The molecule has 1 aliphatic rings. The van der Waals surface area contributed by atoms with Crippen LogP contribution in [0.5, 0.6) is 0 Å². The van der Waals surface area contributed by atoms with Crippen LogP contribution in [0.3, 0.4) is 0 Å². The van der Waals surface area contributed by atoms with Gasteiger partial charge in [-0.05, 0) is 7.05 Å². The minimum Gasteiger partial charge on any atom is -0.530 e. The molecule has 58 valence electrons. The number of amides is 1. The Morgan fingerprint density at radius 1 is 1.27 bits per heavy atom. The molecule has 1 aliphatic heterocycles. The van der Waals surface area contributed by atoms with Crippen LogP contribution >= 0.6 is 0 Å². The summed E-state index contributed by atoms with van der Waals surface area (Å²) >= 11 is 0. The summed E-state index contributed by atoms with van der Waals surface area (Å²) in [5.41, 5.74) is 0. The Labute approximate surface area is 88.4 Å². The molecule has 11 heavy (non-hydrogen) atoms. The van der Waals surface area contributed by atoms with Crippen molar-refractivity contribution in [3.63, 3.8) is 0 Å². The fraction of sp³-hybridized carbons (Fsp3) is 0.833. The van der Waals surface area contributed by atoms with Gasteiger partial charge >= 0.3 is 29.6 Å². The summed E-state index contributed by atoms with van der Waals surface area (Å²) in [4.78, 5) is 13.7. The van der Waals surface area contributed by atoms with Gasteiger partial charge in [-0.15, -0.1) is 0 Å². The molecule has 0 radical (unpaired) electrons. The van der Waals surface area contributed by atoms with E-state index >= 15 is 0 Å². The second kappa shape index (κ2) is 4.98. The largest absolute Gasteiger partial charge is 1.00 e. The van der Waals surface area contributed by atoms with Crippen molar-refractivity contribution in [1.29, 1.82) is 0 Å². The standard InChI is InChI=1S/C6H12N2O2.Na/c1-7-2-4-8(5-3-7)6(9)10;/h2-5H2,1H3,(H,9,10);/q;+1/p-1. The van der Waals surface area contributed by atoms with Crippen molar-refractivity contribution in [3.05, 3.63) is 0 Å². The topological polar surface area (TPSA) is 46.6 Å². The van der Waals surface area contributed by atoms with Gasteiger partial charge in [0.1, 0.15) is 6.09 Å². The molecule has 0 unspecified atom stereocenters. The van der Waals surface area contributed by atoms with Crippen molar-refractivity contribution in [2.45, 2.75) is 0 Å². The number of likely N-dealkylation sites (N-methyl/N-ethyl adjacent to an activating group) is 1. The summed E-state index contributed by atoms with van der Waals surface area (Å²) < 4.78 is 0. The number of hydrogen-bond donors (Lipinski definition) is 0. The molecule has 0 saturated carbocycles. The van der Waals surface area contributed by atoms with E-state index in [9.17, 15) is 9.90 Å². The van der Waals surface area contributed by atoms with Gasteiger partial charge in [-0.25, -0.2) is 0 Å². The van der Waals surface area contributed by atoms with Gasteiger partial charge < -0.3 is 19.7 Å². The number of rotatable bonds is 0. The van der Waals surface area contributed by atoms with Crippen LogP contribution in [0.25, 0.3) is 0 Å². The van der Waals surface area contributed by atoms with Crippen LogP contribution in [0.15, 0.2) is 0 Å². The minimum absolute atomic E-state index is 0. The zero-order valence-electron chi connectivity index (χ0n) is 7.04. The number of carboxylic acid groups (broad SMARTS) is 1. The Kier molecular flexibility index (Phi) is 5.08. The Balaban J connectivity index is 0.000001000. The fourth-order valence-electron chi connectivity index (χ4n) is 0.989. The van der Waals surface area contributed by atoms with Gasteiger partial charge in [0.25, 0.3) is 0 Å². The Morgan fingerprint density at radius 3 is 2.09 bits per heavy atom. The van der Waals surface area contributed by atoms with Gasteiger partial charge in [-0.1, -0.05) is 0 Å². The predicted octanol–water partition coefficient (Wildman–Crippen LogP) is -4.42. The van der Waals surface area contributed by atoms with E-state index in [1.54, 1.807) is 0 Å². The minimum atomic E-state index is -1.05. The monoisotopic (exact) mass is 166 g/mol. The molecule has 1 heterocycles. The molecule has 0 atom stereocenters. The average Bonchev–Trinajstić information content (AvgIpc) is 1.88. The molecule has 0 aliphatic carbocycles. The normalized spacial score (nSPS) is 19.2. The summed E-state index contributed by atoms with van der Waals surface area (Å²) in [6.07, 6.45) is -1.05. The third kappa shape index (κ3) is 3.42. The van der Waals surface area contributed by atoms with Crippen molar-refractivity contribution < 1.29 is 39.5 Å². The van der Waals surface area contributed by atoms with Crippen LogP contribution < -0.4 is 34.7 Å². The molecule has 4 nitrogen and oxygen atoms in total. The molecule has 0 bridgehead atoms. The maximum atomic E-state index is 10.3. The molecule has 1 amide bonds. The number of carbonyl (C=O) groups excluding carboxylic acids is 1. The van der Waals surface area contributed by atoms with Gasteiger partial charge in [-0.2, -0.15) is 0 Å². The number of piperazine rings is 1. The van der Waals surface area contributed by atoms with E-state index in [0.29, 0.717) is 13.1 Å². The molecular weight excluding hydrogens is 155 g/mol. The zero-order valence-corrected chi connectivity index (χ0v) is 9.04. The van der Waals surface area contributed by atoms with Crippen molar-refractivity contribution >= 4 is 6.09 Å². The first kappa shape index (κ1) is 11.2. The van der Waals surface area contributed by atoms with Gasteiger partial charge in [0, 0.05) is 26.2 Å². The Morgan fingerprint density at radius 2 is 1.73 bits per heavy atom. The van der Waals surface area contributed by atoms with E-state index in [-0.39, 0.29) is 29.6 Å². The van der Waals surface area contributed by atoms with Crippen LogP contribution in [0.2, 0.25) is 0 Å². The Bertz CT molecular complexity index is 135. The second-order valence-corrected chi connectivity index (χ2v) is 2.56. The summed E-state index contributed by atoms with van der Waals surface area (Å²) in [7, 11) is 1.98. The molecule has 0 aromatic rings. The van der Waals surface area contributed by atoms with Gasteiger partial charge in [0.05, 0.1) is 0 Å². The van der Waals surface area contributed by atoms with E-state index in [0.717, 1.165) is 13.1 Å². The summed E-state index contributed by atoms with van der Waals surface area (Å²) in [6.45, 7) is 2.79. The second-order valence-electron chi connectivity index (χ2n) is 2.56. The van der Waals surface area contributed by atoms with Crippen molar-refractivity contribution in [1.82, 2.24) is 9.80 Å². The molecule has 1 fully saturated rings. The van der Waals surface area contributed by atoms with Crippen LogP contribution in [0, 0.1) is 0 Å². The molecular formula is C6H11N2NaO2. The maximum absolute atomic E-state index is 10.3. The molecule has 1 saturated heterocycles. The van der Waals surface area contributed by atoms with Gasteiger partial charge in [0.15, 0.2) is 0 Å². The van der Waals surface area contributed by atoms with E-state index in [4.69, 9.17) is 0 Å². The molecule has 0 aromatic heterocycles. The SMILES string of the molecule is CN1CCN(C(=O)[O-])CC1.[Na+]. The van der Waals surface area contributed by atoms with Crippen LogP contribution in [-0.4, -0.2) is 49.1 Å². The molecule has 0 N–H and O–H groups in total.